The molecule has 0 spiro atoms. The van der Waals surface area contributed by atoms with Crippen LogP contribution in [0.2, 0.25) is 0 Å². The molecule has 150 valence electrons. The van der Waals surface area contributed by atoms with Crippen molar-refractivity contribution in [3.63, 3.8) is 0 Å². The number of alkyl halides is 3. The van der Waals surface area contributed by atoms with E-state index in [1.165, 1.54) is 25.8 Å². The van der Waals surface area contributed by atoms with Crippen molar-refractivity contribution in [1.82, 2.24) is 0 Å². The number of ether oxygens (including phenoxy) is 1. The van der Waals surface area contributed by atoms with Gasteiger partial charge in [-0.1, -0.05) is 31.9 Å². The molecule has 0 amide bonds. The fourth-order valence-corrected chi connectivity index (χ4v) is 4.39. The van der Waals surface area contributed by atoms with Crippen molar-refractivity contribution in [2.24, 2.45) is 17.8 Å². The van der Waals surface area contributed by atoms with Crippen LogP contribution in [0.15, 0.2) is 12.1 Å². The largest absolute Gasteiger partial charge is 0.419 e. The highest BCUT2D eigenvalue weighted by Gasteiger charge is 2.41. The Balaban J connectivity index is 1.71. The van der Waals surface area contributed by atoms with Crippen LogP contribution in [-0.2, 0) is 10.9 Å². The van der Waals surface area contributed by atoms with Crippen LogP contribution in [0.4, 0.5) is 17.6 Å². The van der Waals surface area contributed by atoms with Gasteiger partial charge in [0.2, 0.25) is 0 Å². The predicted molar refractivity (Wildman–Crippen MR) is 94.1 cm³/mol. The average Bonchev–Trinajstić information content (AvgIpc) is 2.63. The summed E-state index contributed by atoms with van der Waals surface area (Å²) in [5.74, 6) is -1.47. The SMILES string of the molecule is Cc1ccc(C(=O)[C@@H]2CCC(C3CCC(C)CC3)OC2)c(C(F)(F)F)c1F. The first-order valence-corrected chi connectivity index (χ1v) is 9.70. The Hall–Kier alpha value is -1.43. The van der Waals surface area contributed by atoms with Gasteiger partial charge in [-0.3, -0.25) is 4.79 Å². The van der Waals surface area contributed by atoms with Gasteiger partial charge in [0.15, 0.2) is 5.78 Å². The standard InChI is InChI=1S/C21H26F4O2/c1-12-3-6-14(7-4-12)17-10-8-15(11-27-17)20(26)16-9-5-13(2)19(22)18(16)21(23,24)25/h5,9,12,14-15,17H,3-4,6-8,10-11H2,1-2H3/t12?,14?,15-,17?/m1/s1. The van der Waals surface area contributed by atoms with Crippen molar-refractivity contribution in [1.29, 1.82) is 0 Å². The van der Waals surface area contributed by atoms with Gasteiger partial charge in [0.05, 0.1) is 12.7 Å². The number of aryl methyl sites for hydroxylation is 1. The molecule has 1 unspecified atom stereocenters. The minimum absolute atomic E-state index is 0.0818. The van der Waals surface area contributed by atoms with Crippen LogP contribution < -0.4 is 0 Å². The molecule has 6 heteroatoms. The van der Waals surface area contributed by atoms with Gasteiger partial charge in [-0.2, -0.15) is 13.2 Å². The number of benzene rings is 1. The Morgan fingerprint density at radius 3 is 2.30 bits per heavy atom. The maximum Gasteiger partial charge on any atom is 0.419 e. The molecule has 3 rings (SSSR count). The molecule has 0 aromatic heterocycles. The van der Waals surface area contributed by atoms with Crippen molar-refractivity contribution >= 4 is 5.78 Å². The Labute approximate surface area is 157 Å². The van der Waals surface area contributed by atoms with Crippen molar-refractivity contribution in [2.75, 3.05) is 6.61 Å². The van der Waals surface area contributed by atoms with Crippen LogP contribution in [0.1, 0.15) is 66.9 Å². The van der Waals surface area contributed by atoms with Gasteiger partial charge in [-0.25, -0.2) is 4.39 Å². The summed E-state index contributed by atoms with van der Waals surface area (Å²) in [6.07, 6.45) is 0.885. The van der Waals surface area contributed by atoms with E-state index in [2.05, 4.69) is 6.92 Å². The number of rotatable bonds is 3. The van der Waals surface area contributed by atoms with Crippen LogP contribution in [-0.4, -0.2) is 18.5 Å². The van der Waals surface area contributed by atoms with Crippen molar-refractivity contribution in [2.45, 2.75) is 64.7 Å². The van der Waals surface area contributed by atoms with E-state index < -0.39 is 34.8 Å². The predicted octanol–water partition coefficient (Wildman–Crippen LogP) is 5.96. The molecule has 1 saturated carbocycles. The summed E-state index contributed by atoms with van der Waals surface area (Å²) < 4.78 is 60.0. The first kappa shape index (κ1) is 20.3. The van der Waals surface area contributed by atoms with E-state index in [-0.39, 0.29) is 18.3 Å². The molecule has 2 nitrogen and oxygen atoms in total. The van der Waals surface area contributed by atoms with Gasteiger partial charge in [-0.05, 0) is 50.0 Å². The van der Waals surface area contributed by atoms with Gasteiger partial charge in [-0.15, -0.1) is 0 Å². The fraction of sp³-hybridized carbons (Fsp3) is 0.667. The quantitative estimate of drug-likeness (QED) is 0.473. The molecule has 2 aliphatic rings. The van der Waals surface area contributed by atoms with Crippen LogP contribution in [0.3, 0.4) is 0 Å². The van der Waals surface area contributed by atoms with Crippen molar-refractivity contribution in [3.8, 4) is 0 Å². The zero-order chi connectivity index (χ0) is 19.8. The van der Waals surface area contributed by atoms with Crippen LogP contribution in [0.5, 0.6) is 0 Å². The van der Waals surface area contributed by atoms with E-state index in [4.69, 9.17) is 4.74 Å². The van der Waals surface area contributed by atoms with Gasteiger partial charge in [0.25, 0.3) is 0 Å². The van der Waals surface area contributed by atoms with Crippen LogP contribution in [0, 0.1) is 30.5 Å². The molecule has 0 N–H and O–H groups in total. The highest BCUT2D eigenvalue weighted by Crippen LogP contribution is 2.39. The molecular weight excluding hydrogens is 360 g/mol. The highest BCUT2D eigenvalue weighted by atomic mass is 19.4. The number of carbonyl (C=O) groups is 1. The molecule has 1 aromatic rings. The molecule has 1 heterocycles. The van der Waals surface area contributed by atoms with Gasteiger partial charge in [0, 0.05) is 11.5 Å². The van der Waals surface area contributed by atoms with Crippen molar-refractivity contribution in [3.05, 3.63) is 34.6 Å². The summed E-state index contributed by atoms with van der Waals surface area (Å²) in [5.41, 5.74) is -2.15. The third kappa shape index (κ3) is 4.36. The molecule has 27 heavy (non-hydrogen) atoms. The third-order valence-corrected chi connectivity index (χ3v) is 6.15. The number of ketones is 1. The number of hydrogen-bond acceptors (Lipinski definition) is 2. The summed E-state index contributed by atoms with van der Waals surface area (Å²) in [4.78, 5) is 12.7. The minimum atomic E-state index is -4.90. The monoisotopic (exact) mass is 386 g/mol. The van der Waals surface area contributed by atoms with Crippen molar-refractivity contribution < 1.29 is 27.1 Å². The number of halogens is 4. The average molecular weight is 386 g/mol. The molecule has 1 aromatic carbocycles. The van der Waals surface area contributed by atoms with E-state index in [9.17, 15) is 22.4 Å². The molecule has 2 fully saturated rings. The molecule has 0 radical (unpaired) electrons. The lowest BCUT2D eigenvalue weighted by Gasteiger charge is -2.37. The summed E-state index contributed by atoms with van der Waals surface area (Å²) in [6, 6.07) is 2.33. The molecule has 1 aliphatic carbocycles. The second-order valence-electron chi connectivity index (χ2n) is 8.15. The lowest BCUT2D eigenvalue weighted by molar-refractivity contribution is -0.140. The summed E-state index contributed by atoms with van der Waals surface area (Å²) in [5, 5.41) is 0. The number of Topliss-reactive ketones (excluding diaryl/α,β-unsaturated/α-hetero) is 1. The summed E-state index contributed by atoms with van der Waals surface area (Å²) in [6.45, 7) is 3.62. The van der Waals surface area contributed by atoms with E-state index in [1.807, 2.05) is 0 Å². The fourth-order valence-electron chi connectivity index (χ4n) is 4.39. The summed E-state index contributed by atoms with van der Waals surface area (Å²) >= 11 is 0. The van der Waals surface area contributed by atoms with E-state index in [0.29, 0.717) is 18.8 Å². The van der Waals surface area contributed by atoms with Crippen LogP contribution >= 0.6 is 0 Å². The Kier molecular flexibility index (Phi) is 5.94. The topological polar surface area (TPSA) is 26.3 Å². The minimum Gasteiger partial charge on any atom is -0.377 e. The lowest BCUT2D eigenvalue weighted by atomic mass is 9.77. The Morgan fingerprint density at radius 2 is 1.74 bits per heavy atom. The first-order chi connectivity index (χ1) is 12.7. The van der Waals surface area contributed by atoms with E-state index >= 15 is 0 Å². The molecule has 1 saturated heterocycles. The van der Waals surface area contributed by atoms with E-state index in [0.717, 1.165) is 24.8 Å². The molecule has 0 bridgehead atoms. The molecular formula is C21H26F4O2. The smallest absolute Gasteiger partial charge is 0.377 e. The third-order valence-electron chi connectivity index (χ3n) is 6.15. The zero-order valence-corrected chi connectivity index (χ0v) is 15.7. The van der Waals surface area contributed by atoms with Crippen LogP contribution in [0.25, 0.3) is 0 Å². The van der Waals surface area contributed by atoms with Gasteiger partial charge >= 0.3 is 6.18 Å². The lowest BCUT2D eigenvalue weighted by Crippen LogP contribution is -2.37. The highest BCUT2D eigenvalue weighted by molar-refractivity contribution is 5.99. The zero-order valence-electron chi connectivity index (χ0n) is 15.7. The maximum absolute atomic E-state index is 14.1. The number of carbonyl (C=O) groups excluding carboxylic acids is 1. The van der Waals surface area contributed by atoms with E-state index in [1.54, 1.807) is 0 Å². The first-order valence-electron chi connectivity index (χ1n) is 9.70. The second-order valence-corrected chi connectivity index (χ2v) is 8.15. The maximum atomic E-state index is 14.1. The normalized spacial score (nSPS) is 29.6. The molecule has 1 aliphatic heterocycles. The molecule has 2 atom stereocenters. The second kappa shape index (κ2) is 7.90. The summed E-state index contributed by atoms with van der Waals surface area (Å²) in [7, 11) is 0. The van der Waals surface area contributed by atoms with Gasteiger partial charge in [0.1, 0.15) is 11.4 Å². The van der Waals surface area contributed by atoms with Gasteiger partial charge < -0.3 is 4.74 Å². The number of hydrogen-bond donors (Lipinski definition) is 0. The Bertz CT molecular complexity index is 682. The Morgan fingerprint density at radius 1 is 1.07 bits per heavy atom.